The second kappa shape index (κ2) is 4.88. The van der Waals surface area contributed by atoms with Crippen LogP contribution in [0.3, 0.4) is 0 Å². The molecule has 0 aromatic carbocycles. The summed E-state index contributed by atoms with van der Waals surface area (Å²) in [5, 5.41) is 5.13. The van der Waals surface area contributed by atoms with Crippen LogP contribution in [0, 0.1) is 27.7 Å². The van der Waals surface area contributed by atoms with Gasteiger partial charge in [0.25, 0.3) is 9.05 Å². The molecule has 0 bridgehead atoms. The predicted octanol–water partition coefficient (Wildman–Crippen LogP) is 2.55. The highest BCUT2D eigenvalue weighted by molar-refractivity contribution is 8.13. The molecule has 0 aliphatic carbocycles. The minimum Gasteiger partial charge on any atom is -0.261 e. The highest BCUT2D eigenvalue weighted by Gasteiger charge is 2.22. The van der Waals surface area contributed by atoms with E-state index in [9.17, 15) is 8.42 Å². The fourth-order valence-corrected chi connectivity index (χ4v) is 4.36. The number of aromatic nitrogens is 3. The number of rotatable bonds is 3. The summed E-state index contributed by atoms with van der Waals surface area (Å²) in [6.07, 6.45) is 0. The predicted molar refractivity (Wildman–Crippen MR) is 75.4 cm³/mol. The third kappa shape index (κ3) is 2.82. The van der Waals surface area contributed by atoms with E-state index in [1.165, 1.54) is 0 Å². The molecule has 8 heteroatoms. The molecule has 2 aromatic rings. The van der Waals surface area contributed by atoms with Gasteiger partial charge in [0.15, 0.2) is 0 Å². The highest BCUT2D eigenvalue weighted by Crippen LogP contribution is 2.25. The number of hydrogen-bond acceptors (Lipinski definition) is 5. The van der Waals surface area contributed by atoms with Gasteiger partial charge in [0, 0.05) is 15.6 Å². The summed E-state index contributed by atoms with van der Waals surface area (Å²) in [5.41, 5.74) is 1.95. The lowest BCUT2D eigenvalue weighted by molar-refractivity contribution is 0.607. The Morgan fingerprint density at radius 1 is 1.21 bits per heavy atom. The number of thiazole rings is 1. The molecule has 0 amide bonds. The van der Waals surface area contributed by atoms with Gasteiger partial charge in [-0.05, 0) is 27.7 Å². The Labute approximate surface area is 120 Å². The SMILES string of the molecule is Cc1nc(Cn2nc(C)c(S(=O)(=O)Cl)c2C)sc1C. The van der Waals surface area contributed by atoms with Crippen molar-refractivity contribution >= 4 is 31.1 Å². The topological polar surface area (TPSA) is 64.8 Å². The van der Waals surface area contributed by atoms with E-state index in [-0.39, 0.29) is 4.90 Å². The largest absolute Gasteiger partial charge is 0.264 e. The maximum absolute atomic E-state index is 11.5. The van der Waals surface area contributed by atoms with E-state index < -0.39 is 9.05 Å². The van der Waals surface area contributed by atoms with Crippen molar-refractivity contribution in [2.45, 2.75) is 39.1 Å². The van der Waals surface area contributed by atoms with Crippen molar-refractivity contribution in [3.8, 4) is 0 Å². The van der Waals surface area contributed by atoms with Gasteiger partial charge in [-0.3, -0.25) is 4.68 Å². The molecule has 0 fully saturated rings. The second-order valence-electron chi connectivity index (χ2n) is 4.34. The van der Waals surface area contributed by atoms with Crippen LogP contribution >= 0.6 is 22.0 Å². The van der Waals surface area contributed by atoms with Crippen LogP contribution in [0.2, 0.25) is 0 Å². The average Bonchev–Trinajstić information content (AvgIpc) is 2.68. The van der Waals surface area contributed by atoms with Crippen LogP contribution in [0.4, 0.5) is 0 Å². The Balaban J connectivity index is 2.43. The van der Waals surface area contributed by atoms with E-state index in [4.69, 9.17) is 10.7 Å². The molecule has 19 heavy (non-hydrogen) atoms. The number of halogens is 1. The summed E-state index contributed by atoms with van der Waals surface area (Å²) in [6.45, 7) is 7.75. The molecule has 0 radical (unpaired) electrons. The third-order valence-electron chi connectivity index (χ3n) is 2.92. The Morgan fingerprint density at radius 2 is 1.84 bits per heavy atom. The number of aryl methyl sites for hydroxylation is 3. The van der Waals surface area contributed by atoms with E-state index in [1.807, 2.05) is 13.8 Å². The standard InChI is InChI=1S/C11H14ClN3O2S2/c1-6-9(4)18-10(13-6)5-15-8(3)11(7(2)14-15)19(12,16)17/h5H2,1-4H3. The summed E-state index contributed by atoms with van der Waals surface area (Å²) in [6, 6.07) is 0. The van der Waals surface area contributed by atoms with Crippen LogP contribution in [0.15, 0.2) is 4.90 Å². The van der Waals surface area contributed by atoms with E-state index in [0.717, 1.165) is 15.6 Å². The van der Waals surface area contributed by atoms with Crippen LogP contribution < -0.4 is 0 Å². The summed E-state index contributed by atoms with van der Waals surface area (Å²) in [4.78, 5) is 5.67. The zero-order chi connectivity index (χ0) is 14.4. The van der Waals surface area contributed by atoms with E-state index in [0.29, 0.717) is 17.9 Å². The van der Waals surface area contributed by atoms with Crippen LogP contribution in [0.5, 0.6) is 0 Å². The fourth-order valence-electron chi connectivity index (χ4n) is 1.92. The smallest absolute Gasteiger partial charge is 0.261 e. The summed E-state index contributed by atoms with van der Waals surface area (Å²) < 4.78 is 24.6. The molecule has 0 spiro atoms. The maximum Gasteiger partial charge on any atom is 0.264 e. The normalized spacial score (nSPS) is 12.1. The van der Waals surface area contributed by atoms with Crippen molar-refractivity contribution in [2.75, 3.05) is 0 Å². The van der Waals surface area contributed by atoms with Gasteiger partial charge in [0.05, 0.1) is 23.6 Å². The van der Waals surface area contributed by atoms with Crippen LogP contribution in [-0.2, 0) is 15.6 Å². The van der Waals surface area contributed by atoms with Crippen molar-refractivity contribution in [2.24, 2.45) is 0 Å². The van der Waals surface area contributed by atoms with Gasteiger partial charge >= 0.3 is 0 Å². The Morgan fingerprint density at radius 3 is 2.26 bits per heavy atom. The summed E-state index contributed by atoms with van der Waals surface area (Å²) >= 11 is 1.59. The molecule has 0 saturated heterocycles. The second-order valence-corrected chi connectivity index (χ2v) is 8.14. The minimum absolute atomic E-state index is 0.0965. The summed E-state index contributed by atoms with van der Waals surface area (Å²) in [7, 11) is 1.65. The molecule has 2 aromatic heterocycles. The number of hydrogen-bond donors (Lipinski definition) is 0. The first-order valence-electron chi connectivity index (χ1n) is 5.61. The van der Waals surface area contributed by atoms with E-state index in [1.54, 1.807) is 29.9 Å². The lowest BCUT2D eigenvalue weighted by Crippen LogP contribution is -2.04. The zero-order valence-corrected chi connectivity index (χ0v) is 13.4. The van der Waals surface area contributed by atoms with Gasteiger partial charge in [-0.2, -0.15) is 5.10 Å². The first kappa shape index (κ1) is 14.5. The van der Waals surface area contributed by atoms with Gasteiger partial charge in [0.1, 0.15) is 9.90 Å². The molecule has 0 unspecified atom stereocenters. The molecule has 0 aliphatic heterocycles. The molecule has 2 heterocycles. The Bertz CT molecular complexity index is 712. The molecule has 0 N–H and O–H groups in total. The molecular formula is C11H14ClN3O2S2. The van der Waals surface area contributed by atoms with Gasteiger partial charge in [0.2, 0.25) is 0 Å². The maximum atomic E-state index is 11.5. The van der Waals surface area contributed by atoms with E-state index in [2.05, 4.69) is 10.1 Å². The van der Waals surface area contributed by atoms with Crippen molar-refractivity contribution in [1.29, 1.82) is 0 Å². The van der Waals surface area contributed by atoms with Gasteiger partial charge in [-0.25, -0.2) is 13.4 Å². The number of nitrogens with zero attached hydrogens (tertiary/aromatic N) is 3. The van der Waals surface area contributed by atoms with Crippen molar-refractivity contribution in [3.05, 3.63) is 27.0 Å². The molecule has 5 nitrogen and oxygen atoms in total. The highest BCUT2D eigenvalue weighted by atomic mass is 35.7. The van der Waals surface area contributed by atoms with E-state index >= 15 is 0 Å². The monoisotopic (exact) mass is 319 g/mol. The molecule has 104 valence electrons. The van der Waals surface area contributed by atoms with Gasteiger partial charge in [-0.1, -0.05) is 0 Å². The van der Waals surface area contributed by atoms with Crippen molar-refractivity contribution in [1.82, 2.24) is 14.8 Å². The lowest BCUT2D eigenvalue weighted by Gasteiger charge is -2.01. The minimum atomic E-state index is -3.77. The third-order valence-corrected chi connectivity index (χ3v) is 5.52. The van der Waals surface area contributed by atoms with Gasteiger partial charge in [-0.15, -0.1) is 11.3 Å². The molecule has 2 rings (SSSR count). The zero-order valence-electron chi connectivity index (χ0n) is 11.1. The average molecular weight is 320 g/mol. The molecule has 0 saturated carbocycles. The van der Waals surface area contributed by atoms with Gasteiger partial charge < -0.3 is 0 Å². The Hall–Kier alpha value is -0.920. The fraction of sp³-hybridized carbons (Fsp3) is 0.455. The Kier molecular flexibility index (Phi) is 3.72. The quantitative estimate of drug-likeness (QED) is 0.815. The van der Waals surface area contributed by atoms with Crippen molar-refractivity contribution < 1.29 is 8.42 Å². The summed E-state index contributed by atoms with van der Waals surface area (Å²) in [5.74, 6) is 0. The van der Waals surface area contributed by atoms with Crippen LogP contribution in [0.25, 0.3) is 0 Å². The molecular weight excluding hydrogens is 306 g/mol. The molecule has 0 atom stereocenters. The van der Waals surface area contributed by atoms with Crippen LogP contribution in [-0.4, -0.2) is 23.2 Å². The molecule has 0 aliphatic rings. The first-order valence-corrected chi connectivity index (χ1v) is 8.74. The van der Waals surface area contributed by atoms with Crippen molar-refractivity contribution in [3.63, 3.8) is 0 Å². The first-order chi connectivity index (χ1) is 8.70. The van der Waals surface area contributed by atoms with Crippen LogP contribution in [0.1, 0.15) is 27.0 Å². The lowest BCUT2D eigenvalue weighted by atomic mass is 10.4.